The lowest BCUT2D eigenvalue weighted by atomic mass is 10.1. The molecule has 0 aliphatic heterocycles. The normalized spacial score (nSPS) is 12.6. The molecule has 0 saturated heterocycles. The lowest BCUT2D eigenvalue weighted by Gasteiger charge is -2.11. The molecule has 0 heterocycles. The van der Waals surface area contributed by atoms with Gasteiger partial charge in [-0.15, -0.1) is 0 Å². The number of alkyl halides is 1. The molecule has 1 aromatic carbocycles. The number of halogens is 3. The summed E-state index contributed by atoms with van der Waals surface area (Å²) in [5.74, 6) is -1.53. The molecule has 0 bridgehead atoms. The van der Waals surface area contributed by atoms with Gasteiger partial charge in [-0.3, -0.25) is 0 Å². The van der Waals surface area contributed by atoms with Crippen molar-refractivity contribution in [3.63, 3.8) is 0 Å². The van der Waals surface area contributed by atoms with Crippen molar-refractivity contribution in [1.29, 1.82) is 0 Å². The Morgan fingerprint density at radius 3 is 2.29 bits per heavy atom. The zero-order valence-electron chi connectivity index (χ0n) is 7.43. The molecule has 5 heteroatoms. The number of benzene rings is 1. The fraction of sp³-hybridized carbons (Fsp3) is 0.333. The van der Waals surface area contributed by atoms with Gasteiger partial charge in [-0.05, 0) is 0 Å². The van der Waals surface area contributed by atoms with Crippen LogP contribution in [0.1, 0.15) is 11.7 Å². The van der Waals surface area contributed by atoms with E-state index in [1.807, 2.05) is 0 Å². The van der Waals surface area contributed by atoms with Gasteiger partial charge in [0.05, 0.1) is 18.8 Å². The molecule has 0 aromatic heterocycles. The van der Waals surface area contributed by atoms with Crippen LogP contribution in [0.4, 0.5) is 8.78 Å². The summed E-state index contributed by atoms with van der Waals surface area (Å²) in [5, 5.41) is 9.36. The van der Waals surface area contributed by atoms with Gasteiger partial charge in [-0.25, -0.2) is 8.78 Å². The second-order valence-electron chi connectivity index (χ2n) is 2.67. The molecule has 1 rings (SSSR count). The smallest absolute Gasteiger partial charge is 0.135 e. The van der Waals surface area contributed by atoms with Crippen LogP contribution in [-0.2, 0) is 0 Å². The molecule has 1 aromatic rings. The topological polar surface area (TPSA) is 29.5 Å². The van der Waals surface area contributed by atoms with Crippen molar-refractivity contribution >= 4 is 15.9 Å². The average molecular weight is 267 g/mol. The minimum atomic E-state index is -1.19. The van der Waals surface area contributed by atoms with E-state index in [1.165, 1.54) is 7.11 Å². The van der Waals surface area contributed by atoms with Gasteiger partial charge in [0.1, 0.15) is 17.4 Å². The zero-order valence-corrected chi connectivity index (χ0v) is 9.01. The minimum Gasteiger partial charge on any atom is -0.497 e. The first-order chi connectivity index (χ1) is 6.60. The highest BCUT2D eigenvalue weighted by molar-refractivity contribution is 9.09. The van der Waals surface area contributed by atoms with Crippen LogP contribution in [0.25, 0.3) is 0 Å². The molecule has 0 aliphatic rings. The van der Waals surface area contributed by atoms with Crippen molar-refractivity contribution in [1.82, 2.24) is 0 Å². The van der Waals surface area contributed by atoms with Crippen LogP contribution in [0.3, 0.4) is 0 Å². The summed E-state index contributed by atoms with van der Waals surface area (Å²) in [7, 11) is 1.31. The van der Waals surface area contributed by atoms with E-state index in [4.69, 9.17) is 0 Å². The first-order valence-electron chi connectivity index (χ1n) is 3.87. The van der Waals surface area contributed by atoms with Gasteiger partial charge in [-0.1, -0.05) is 15.9 Å². The molecule has 78 valence electrons. The van der Waals surface area contributed by atoms with Crippen molar-refractivity contribution < 1.29 is 18.6 Å². The van der Waals surface area contributed by atoms with E-state index < -0.39 is 17.7 Å². The molecule has 14 heavy (non-hydrogen) atoms. The van der Waals surface area contributed by atoms with Gasteiger partial charge < -0.3 is 9.84 Å². The summed E-state index contributed by atoms with van der Waals surface area (Å²) in [6, 6.07) is 2.06. The quantitative estimate of drug-likeness (QED) is 0.852. The fourth-order valence-electron chi connectivity index (χ4n) is 1.07. The summed E-state index contributed by atoms with van der Waals surface area (Å²) in [5.41, 5.74) is -0.345. The van der Waals surface area contributed by atoms with E-state index >= 15 is 0 Å². The SMILES string of the molecule is COc1cc(F)c(C(O)CBr)c(F)c1. The molecule has 0 radical (unpaired) electrons. The molecule has 0 aliphatic carbocycles. The molecule has 2 nitrogen and oxygen atoms in total. The number of ether oxygens (including phenoxy) is 1. The fourth-order valence-corrected chi connectivity index (χ4v) is 1.40. The predicted molar refractivity (Wildman–Crippen MR) is 51.7 cm³/mol. The number of hydrogen-bond acceptors (Lipinski definition) is 2. The van der Waals surface area contributed by atoms with Crippen molar-refractivity contribution in [2.75, 3.05) is 12.4 Å². The Morgan fingerprint density at radius 2 is 1.93 bits per heavy atom. The Labute approximate surface area is 88.6 Å². The number of aliphatic hydroxyl groups excluding tert-OH is 1. The third kappa shape index (κ3) is 2.22. The highest BCUT2D eigenvalue weighted by Crippen LogP contribution is 2.26. The largest absolute Gasteiger partial charge is 0.497 e. The lowest BCUT2D eigenvalue weighted by molar-refractivity contribution is 0.194. The maximum Gasteiger partial charge on any atom is 0.135 e. The van der Waals surface area contributed by atoms with Crippen LogP contribution in [0, 0.1) is 11.6 Å². The first kappa shape index (κ1) is 11.4. The third-order valence-corrected chi connectivity index (χ3v) is 2.38. The lowest BCUT2D eigenvalue weighted by Crippen LogP contribution is -2.05. The number of hydrogen-bond donors (Lipinski definition) is 1. The summed E-state index contributed by atoms with van der Waals surface area (Å²) >= 11 is 2.94. The van der Waals surface area contributed by atoms with Gasteiger partial charge in [0.25, 0.3) is 0 Å². The molecule has 0 spiro atoms. The van der Waals surface area contributed by atoms with Crippen molar-refractivity contribution in [2.45, 2.75) is 6.10 Å². The van der Waals surface area contributed by atoms with E-state index in [0.717, 1.165) is 12.1 Å². The van der Waals surface area contributed by atoms with Gasteiger partial charge in [0, 0.05) is 17.5 Å². The van der Waals surface area contributed by atoms with Crippen LogP contribution in [0.2, 0.25) is 0 Å². The van der Waals surface area contributed by atoms with E-state index in [0.29, 0.717) is 0 Å². The summed E-state index contributed by atoms with van der Waals surface area (Å²) < 4.78 is 31.1. The zero-order chi connectivity index (χ0) is 10.7. The summed E-state index contributed by atoms with van der Waals surface area (Å²) in [6.07, 6.45) is -1.19. The molecular formula is C9H9BrF2O2. The summed E-state index contributed by atoms with van der Waals surface area (Å²) in [6.45, 7) is 0. The van der Waals surface area contributed by atoms with Crippen molar-refractivity contribution in [3.05, 3.63) is 29.3 Å². The molecule has 1 N–H and O–H groups in total. The van der Waals surface area contributed by atoms with Crippen LogP contribution in [-0.4, -0.2) is 17.5 Å². The molecular weight excluding hydrogens is 258 g/mol. The Balaban J connectivity index is 3.18. The Morgan fingerprint density at radius 1 is 1.43 bits per heavy atom. The van der Waals surface area contributed by atoms with Gasteiger partial charge in [0.15, 0.2) is 0 Å². The van der Waals surface area contributed by atoms with E-state index in [1.54, 1.807) is 0 Å². The monoisotopic (exact) mass is 266 g/mol. The standard InChI is InChI=1S/C9H9BrF2O2/c1-14-5-2-6(11)9(7(12)3-5)8(13)4-10/h2-3,8,13H,4H2,1H3. The Kier molecular flexibility index (Phi) is 3.83. The average Bonchev–Trinajstić information content (AvgIpc) is 2.16. The van der Waals surface area contributed by atoms with E-state index in [-0.39, 0.29) is 16.6 Å². The minimum absolute atomic E-state index is 0.0766. The molecule has 0 saturated carbocycles. The molecule has 0 amide bonds. The number of methoxy groups -OCH3 is 1. The highest BCUT2D eigenvalue weighted by atomic mass is 79.9. The van der Waals surface area contributed by atoms with Crippen LogP contribution in [0.5, 0.6) is 5.75 Å². The number of rotatable bonds is 3. The third-order valence-electron chi connectivity index (χ3n) is 1.77. The molecule has 0 fully saturated rings. The molecule has 1 unspecified atom stereocenters. The highest BCUT2D eigenvalue weighted by Gasteiger charge is 2.18. The maximum absolute atomic E-state index is 13.2. The molecule has 1 atom stereocenters. The van der Waals surface area contributed by atoms with Crippen molar-refractivity contribution in [2.24, 2.45) is 0 Å². The second kappa shape index (κ2) is 4.70. The van der Waals surface area contributed by atoms with Crippen molar-refractivity contribution in [3.8, 4) is 5.75 Å². The maximum atomic E-state index is 13.2. The van der Waals surface area contributed by atoms with Crippen LogP contribution >= 0.6 is 15.9 Å². The first-order valence-corrected chi connectivity index (χ1v) is 4.99. The van der Waals surface area contributed by atoms with Gasteiger partial charge >= 0.3 is 0 Å². The predicted octanol–water partition coefficient (Wildman–Crippen LogP) is 2.40. The van der Waals surface area contributed by atoms with Gasteiger partial charge in [-0.2, -0.15) is 0 Å². The number of aliphatic hydroxyl groups is 1. The van der Waals surface area contributed by atoms with E-state index in [2.05, 4.69) is 20.7 Å². The summed E-state index contributed by atoms with van der Waals surface area (Å²) in [4.78, 5) is 0. The second-order valence-corrected chi connectivity index (χ2v) is 3.32. The Hall–Kier alpha value is -0.680. The van der Waals surface area contributed by atoms with Gasteiger partial charge in [0.2, 0.25) is 0 Å². The van der Waals surface area contributed by atoms with Crippen LogP contribution in [0.15, 0.2) is 12.1 Å². The van der Waals surface area contributed by atoms with Crippen LogP contribution < -0.4 is 4.74 Å². The Bertz CT molecular complexity index is 308. The van der Waals surface area contributed by atoms with E-state index in [9.17, 15) is 13.9 Å².